The molecule has 0 bridgehead atoms. The Hall–Kier alpha value is -4.09. The van der Waals surface area contributed by atoms with Crippen molar-refractivity contribution in [3.63, 3.8) is 0 Å². The van der Waals surface area contributed by atoms with Crippen LogP contribution in [0.3, 0.4) is 0 Å². The summed E-state index contributed by atoms with van der Waals surface area (Å²) in [6, 6.07) is 9.65. The van der Waals surface area contributed by atoms with E-state index in [2.05, 4.69) is 4.98 Å². The van der Waals surface area contributed by atoms with Gasteiger partial charge in [0.1, 0.15) is 29.0 Å². The predicted molar refractivity (Wildman–Crippen MR) is 114 cm³/mol. The molecule has 0 spiro atoms. The number of aromatic carboxylic acids is 1. The van der Waals surface area contributed by atoms with Crippen LogP contribution < -0.4 is 15.5 Å². The topological polar surface area (TPSA) is 111 Å². The number of benzene rings is 2. The van der Waals surface area contributed by atoms with E-state index in [-0.39, 0.29) is 29.2 Å². The number of carboxylic acids is 1. The zero-order chi connectivity index (χ0) is 25.2. The number of carbonyl (C=O) groups is 2. The Morgan fingerprint density at radius 1 is 1.26 bits per heavy atom. The van der Waals surface area contributed by atoms with Gasteiger partial charge in [-0.1, -0.05) is 24.3 Å². The van der Waals surface area contributed by atoms with Crippen LogP contribution in [-0.4, -0.2) is 40.4 Å². The molecule has 1 aromatic heterocycles. The zero-order valence-electron chi connectivity index (χ0n) is 18.0. The third kappa shape index (κ3) is 4.80. The number of imidazole rings is 1. The lowest BCUT2D eigenvalue weighted by Gasteiger charge is -2.20. The number of hydrogen-bond donors (Lipinski definition) is 2. The standard InChI is InChI=1S/C22H20F4N4O4/c1-12(22(24,25)26)20-28-18(19(21(32)33)30(20)27)14-5-3-13(4-6-14)10-29(11-31)16-9-15(23)7-8-17(16)34-2/h3-9,11-12H,10,27H2,1-2H3,(H,32,33). The van der Waals surface area contributed by atoms with Crippen LogP contribution in [0.2, 0.25) is 0 Å². The summed E-state index contributed by atoms with van der Waals surface area (Å²) in [5.41, 5.74) is 0.143. The molecule has 0 radical (unpaired) electrons. The predicted octanol–water partition coefficient (Wildman–Crippen LogP) is 3.94. The van der Waals surface area contributed by atoms with E-state index in [9.17, 15) is 32.3 Å². The van der Waals surface area contributed by atoms with Gasteiger partial charge in [-0.3, -0.25) is 4.79 Å². The quantitative estimate of drug-likeness (QED) is 0.287. The SMILES string of the molecule is COc1ccc(F)cc1N(C=O)Cc1ccc(-c2nc(C(C)C(F)(F)F)n(N)c2C(=O)O)cc1. The summed E-state index contributed by atoms with van der Waals surface area (Å²) >= 11 is 0. The molecule has 2 aromatic carbocycles. The Kier molecular flexibility index (Phi) is 6.80. The first-order chi connectivity index (χ1) is 16.0. The molecule has 0 aliphatic carbocycles. The molecule has 1 heterocycles. The number of nitrogens with two attached hydrogens (primary N) is 1. The average molecular weight is 480 g/mol. The van der Waals surface area contributed by atoms with Gasteiger partial charge in [0.2, 0.25) is 6.41 Å². The number of halogens is 4. The maximum atomic E-state index is 13.7. The molecule has 3 rings (SSSR count). The van der Waals surface area contributed by atoms with Gasteiger partial charge in [0, 0.05) is 11.6 Å². The van der Waals surface area contributed by atoms with Gasteiger partial charge in [0.25, 0.3) is 0 Å². The van der Waals surface area contributed by atoms with Gasteiger partial charge in [-0.05, 0) is 24.6 Å². The highest BCUT2D eigenvalue weighted by Gasteiger charge is 2.41. The monoisotopic (exact) mass is 480 g/mol. The van der Waals surface area contributed by atoms with Crippen molar-refractivity contribution in [3.8, 4) is 17.0 Å². The van der Waals surface area contributed by atoms with Crippen LogP contribution in [0.15, 0.2) is 42.5 Å². The largest absolute Gasteiger partial charge is 0.495 e. The second-order valence-electron chi connectivity index (χ2n) is 7.35. The normalized spacial score (nSPS) is 12.3. The van der Waals surface area contributed by atoms with E-state index in [1.165, 1.54) is 48.4 Å². The van der Waals surface area contributed by atoms with Gasteiger partial charge in [-0.25, -0.2) is 18.8 Å². The summed E-state index contributed by atoms with van der Waals surface area (Å²) in [6.07, 6.45) is -4.18. The lowest BCUT2D eigenvalue weighted by atomic mass is 10.1. The number of nitrogen functional groups attached to an aromatic ring is 1. The van der Waals surface area contributed by atoms with Crippen molar-refractivity contribution in [2.45, 2.75) is 25.6 Å². The molecule has 0 aliphatic heterocycles. The molecule has 0 fully saturated rings. The zero-order valence-corrected chi connectivity index (χ0v) is 18.0. The van der Waals surface area contributed by atoms with Crippen LogP contribution >= 0.6 is 0 Å². The molecule has 3 N–H and O–H groups in total. The minimum Gasteiger partial charge on any atom is -0.495 e. The summed E-state index contributed by atoms with van der Waals surface area (Å²) in [6.45, 7) is 0.843. The number of carboxylic acid groups (broad SMARTS) is 1. The number of anilines is 1. The van der Waals surface area contributed by atoms with Gasteiger partial charge in [0.05, 0.1) is 19.3 Å². The number of rotatable bonds is 8. The number of amides is 1. The lowest BCUT2D eigenvalue weighted by molar-refractivity contribution is -0.148. The number of carbonyl (C=O) groups excluding carboxylic acids is 1. The molecule has 0 saturated heterocycles. The van der Waals surface area contributed by atoms with Gasteiger partial charge < -0.3 is 20.6 Å². The second kappa shape index (κ2) is 9.41. The number of nitrogens with zero attached hydrogens (tertiary/aromatic N) is 3. The van der Waals surface area contributed by atoms with Crippen LogP contribution in [0.25, 0.3) is 11.3 Å². The van der Waals surface area contributed by atoms with Crippen molar-refractivity contribution in [3.05, 3.63) is 65.4 Å². The Morgan fingerprint density at radius 2 is 1.91 bits per heavy atom. The van der Waals surface area contributed by atoms with E-state index < -0.39 is 35.4 Å². The molecule has 0 saturated carbocycles. The fourth-order valence-corrected chi connectivity index (χ4v) is 3.34. The van der Waals surface area contributed by atoms with Crippen LogP contribution in [0.5, 0.6) is 5.75 Å². The first-order valence-electron chi connectivity index (χ1n) is 9.80. The molecule has 3 aromatic rings. The van der Waals surface area contributed by atoms with Gasteiger partial charge >= 0.3 is 12.1 Å². The summed E-state index contributed by atoms with van der Waals surface area (Å²) in [7, 11) is 1.37. The molecule has 1 unspecified atom stereocenters. The Morgan fingerprint density at radius 3 is 2.44 bits per heavy atom. The first kappa shape index (κ1) is 24.6. The molecule has 180 valence electrons. The fraction of sp³-hybridized carbons (Fsp3) is 0.227. The van der Waals surface area contributed by atoms with Gasteiger partial charge in [-0.2, -0.15) is 13.2 Å². The number of methoxy groups -OCH3 is 1. The van der Waals surface area contributed by atoms with E-state index >= 15 is 0 Å². The average Bonchev–Trinajstić information content (AvgIpc) is 3.13. The highest BCUT2D eigenvalue weighted by molar-refractivity contribution is 5.93. The van der Waals surface area contributed by atoms with Crippen molar-refractivity contribution in [2.75, 3.05) is 17.9 Å². The van der Waals surface area contributed by atoms with Gasteiger partial charge in [0.15, 0.2) is 5.69 Å². The number of aromatic nitrogens is 2. The van der Waals surface area contributed by atoms with Crippen molar-refractivity contribution in [1.82, 2.24) is 9.66 Å². The maximum absolute atomic E-state index is 13.7. The van der Waals surface area contributed by atoms with Gasteiger partial charge in [-0.15, -0.1) is 0 Å². The highest BCUT2D eigenvalue weighted by Crippen LogP contribution is 2.36. The lowest BCUT2D eigenvalue weighted by Crippen LogP contribution is -2.26. The summed E-state index contributed by atoms with van der Waals surface area (Å²) in [5, 5.41) is 9.50. The molecule has 1 amide bonds. The van der Waals surface area contributed by atoms with E-state index in [0.717, 1.165) is 13.0 Å². The number of alkyl halides is 3. The van der Waals surface area contributed by atoms with Crippen molar-refractivity contribution < 1.29 is 37.0 Å². The Labute approximate surface area is 191 Å². The van der Waals surface area contributed by atoms with Crippen LogP contribution in [0.1, 0.15) is 34.7 Å². The summed E-state index contributed by atoms with van der Waals surface area (Å²) in [4.78, 5) is 28.4. The number of hydrogen-bond acceptors (Lipinski definition) is 5. The third-order valence-electron chi connectivity index (χ3n) is 5.18. The van der Waals surface area contributed by atoms with Crippen LogP contribution in [-0.2, 0) is 11.3 Å². The summed E-state index contributed by atoms with van der Waals surface area (Å²) < 4.78 is 58.8. The molecule has 0 aliphatic rings. The second-order valence-corrected chi connectivity index (χ2v) is 7.35. The Balaban J connectivity index is 1.95. The van der Waals surface area contributed by atoms with Crippen molar-refractivity contribution in [1.29, 1.82) is 0 Å². The van der Waals surface area contributed by atoms with E-state index in [1.54, 1.807) is 0 Å². The molecule has 34 heavy (non-hydrogen) atoms. The molecule has 8 nitrogen and oxygen atoms in total. The first-order valence-corrected chi connectivity index (χ1v) is 9.80. The van der Waals surface area contributed by atoms with E-state index in [4.69, 9.17) is 10.6 Å². The minimum atomic E-state index is -4.67. The maximum Gasteiger partial charge on any atom is 0.398 e. The molecule has 1 atom stereocenters. The smallest absolute Gasteiger partial charge is 0.398 e. The Bertz CT molecular complexity index is 1210. The van der Waals surface area contributed by atoms with Crippen LogP contribution in [0.4, 0.5) is 23.2 Å². The molecule has 12 heteroatoms. The van der Waals surface area contributed by atoms with Crippen molar-refractivity contribution >= 4 is 18.1 Å². The van der Waals surface area contributed by atoms with Crippen molar-refractivity contribution in [2.24, 2.45) is 0 Å². The summed E-state index contributed by atoms with van der Waals surface area (Å²) in [5.74, 6) is 1.07. The molecular formula is C22H20F4N4O4. The van der Waals surface area contributed by atoms with E-state index in [0.29, 0.717) is 16.6 Å². The minimum absolute atomic E-state index is 0.0110. The highest BCUT2D eigenvalue weighted by atomic mass is 19.4. The third-order valence-corrected chi connectivity index (χ3v) is 5.18. The van der Waals surface area contributed by atoms with Crippen LogP contribution in [0, 0.1) is 5.82 Å². The number of ether oxygens (including phenoxy) is 1. The molecular weight excluding hydrogens is 460 g/mol. The fourth-order valence-electron chi connectivity index (χ4n) is 3.34. The van der Waals surface area contributed by atoms with E-state index in [1.807, 2.05) is 0 Å².